The molecule has 3 heterocycles. The van der Waals surface area contributed by atoms with Gasteiger partial charge in [-0.3, -0.25) is 4.79 Å². The minimum absolute atomic E-state index is 0.266. The van der Waals surface area contributed by atoms with E-state index in [9.17, 15) is 18.0 Å². The van der Waals surface area contributed by atoms with Crippen LogP contribution in [0.4, 0.5) is 19.0 Å². The lowest BCUT2D eigenvalue weighted by molar-refractivity contribution is -0.137. The number of halogens is 3. The Kier molecular flexibility index (Phi) is 6.80. The number of anilines is 1. The first kappa shape index (κ1) is 22.4. The van der Waals surface area contributed by atoms with E-state index in [0.29, 0.717) is 23.4 Å². The quantitative estimate of drug-likeness (QED) is 0.458. The van der Waals surface area contributed by atoms with Gasteiger partial charge in [-0.05, 0) is 29.8 Å². The van der Waals surface area contributed by atoms with E-state index in [0.717, 1.165) is 29.9 Å². The molecule has 4 rings (SSSR count). The molecular formula is C22H17F3N6O. The van der Waals surface area contributed by atoms with E-state index < -0.39 is 11.7 Å². The van der Waals surface area contributed by atoms with Crippen molar-refractivity contribution >= 4 is 23.3 Å². The summed E-state index contributed by atoms with van der Waals surface area (Å²) in [5.41, 5.74) is 1.69. The van der Waals surface area contributed by atoms with E-state index in [4.69, 9.17) is 5.26 Å². The van der Waals surface area contributed by atoms with Gasteiger partial charge in [-0.15, -0.1) is 0 Å². The number of hydrogen-bond donors (Lipinski definition) is 2. The Balaban J connectivity index is 0.000000243. The number of H-pyrrole nitrogens is 1. The summed E-state index contributed by atoms with van der Waals surface area (Å²) in [6, 6.07) is 13.2. The molecule has 0 radical (unpaired) electrons. The normalized spacial score (nSPS) is 10.7. The summed E-state index contributed by atoms with van der Waals surface area (Å²) in [7, 11) is 1.77. The van der Waals surface area contributed by atoms with E-state index in [-0.39, 0.29) is 11.2 Å². The standard InChI is InChI=1S/C14H12F3N5.C8H5NO/c1-18-11-3-2-8(6-19-11)4-12-21-10-5-9(14(15,16)17)7-20-13(10)22-12;9-5-7-2-1-3-8(4-7)6-10/h2-3,5-7H,4H2,1H3,(H,18,19)(H,20,21,22);1-4,6H. The second-order valence-corrected chi connectivity index (χ2v) is 6.61. The third-order valence-corrected chi connectivity index (χ3v) is 4.32. The number of aldehydes is 1. The smallest absolute Gasteiger partial charge is 0.373 e. The van der Waals surface area contributed by atoms with Crippen LogP contribution in [0.1, 0.15) is 32.9 Å². The SMILES string of the molecule is CNc1ccc(Cc2nc3ncc(C(F)(F)F)cc3[nH]2)cn1.N#Cc1cccc(C=O)c1. The number of alkyl halides is 3. The van der Waals surface area contributed by atoms with Crippen molar-refractivity contribution < 1.29 is 18.0 Å². The zero-order chi connectivity index (χ0) is 23.1. The Labute approximate surface area is 181 Å². The molecule has 0 aliphatic heterocycles. The number of rotatable bonds is 4. The van der Waals surface area contributed by atoms with Crippen molar-refractivity contribution in [2.75, 3.05) is 12.4 Å². The maximum atomic E-state index is 12.7. The average molecular weight is 438 g/mol. The summed E-state index contributed by atoms with van der Waals surface area (Å²) in [5, 5.41) is 11.3. The molecule has 7 nitrogen and oxygen atoms in total. The predicted molar refractivity (Wildman–Crippen MR) is 112 cm³/mol. The van der Waals surface area contributed by atoms with Crippen molar-refractivity contribution in [2.45, 2.75) is 12.6 Å². The van der Waals surface area contributed by atoms with Crippen LogP contribution in [-0.4, -0.2) is 33.3 Å². The fourth-order valence-electron chi connectivity index (χ4n) is 2.74. The molecule has 0 saturated carbocycles. The molecule has 1 aromatic carbocycles. The molecule has 2 N–H and O–H groups in total. The van der Waals surface area contributed by atoms with Crippen molar-refractivity contribution in [2.24, 2.45) is 0 Å². The van der Waals surface area contributed by atoms with Crippen LogP contribution >= 0.6 is 0 Å². The van der Waals surface area contributed by atoms with Gasteiger partial charge in [0.25, 0.3) is 0 Å². The molecule has 0 aliphatic rings. The van der Waals surface area contributed by atoms with Crippen molar-refractivity contribution in [1.29, 1.82) is 5.26 Å². The van der Waals surface area contributed by atoms with Crippen LogP contribution in [-0.2, 0) is 12.6 Å². The first-order valence-corrected chi connectivity index (χ1v) is 9.32. The average Bonchev–Trinajstić information content (AvgIpc) is 3.21. The summed E-state index contributed by atoms with van der Waals surface area (Å²) in [4.78, 5) is 25.2. The predicted octanol–water partition coefficient (Wildman–Crippen LogP) is 4.37. The Hall–Kier alpha value is -4.26. The fourth-order valence-corrected chi connectivity index (χ4v) is 2.74. The van der Waals surface area contributed by atoms with Gasteiger partial charge in [-0.25, -0.2) is 15.0 Å². The number of imidazole rings is 1. The molecular weight excluding hydrogens is 421 g/mol. The van der Waals surface area contributed by atoms with Crippen LogP contribution in [0, 0.1) is 11.3 Å². The third kappa shape index (κ3) is 5.66. The summed E-state index contributed by atoms with van der Waals surface area (Å²) in [5.74, 6) is 1.28. The molecule has 0 aliphatic carbocycles. The maximum Gasteiger partial charge on any atom is 0.417 e. The van der Waals surface area contributed by atoms with Crippen molar-refractivity contribution in [3.8, 4) is 6.07 Å². The van der Waals surface area contributed by atoms with Gasteiger partial charge in [0, 0.05) is 31.4 Å². The minimum Gasteiger partial charge on any atom is -0.373 e. The lowest BCUT2D eigenvalue weighted by Crippen LogP contribution is -2.05. The van der Waals surface area contributed by atoms with Crippen LogP contribution in [0.5, 0.6) is 0 Å². The molecule has 4 aromatic rings. The van der Waals surface area contributed by atoms with Gasteiger partial charge < -0.3 is 10.3 Å². The summed E-state index contributed by atoms with van der Waals surface area (Å²) in [6.07, 6.45) is -0.779. The highest BCUT2D eigenvalue weighted by Crippen LogP contribution is 2.30. The number of hydrogen-bond acceptors (Lipinski definition) is 6. The second kappa shape index (κ2) is 9.70. The highest BCUT2D eigenvalue weighted by atomic mass is 19.4. The van der Waals surface area contributed by atoms with Crippen molar-refractivity contribution in [3.05, 3.63) is 82.9 Å². The molecule has 0 amide bonds. The van der Waals surface area contributed by atoms with Crippen molar-refractivity contribution in [3.63, 3.8) is 0 Å². The second-order valence-electron chi connectivity index (χ2n) is 6.61. The highest BCUT2D eigenvalue weighted by molar-refractivity contribution is 5.75. The van der Waals surface area contributed by atoms with Crippen LogP contribution in [0.3, 0.4) is 0 Å². The molecule has 3 aromatic heterocycles. The number of benzene rings is 1. The Morgan fingerprint density at radius 3 is 2.59 bits per heavy atom. The van der Waals surface area contributed by atoms with E-state index >= 15 is 0 Å². The minimum atomic E-state index is -4.42. The van der Waals surface area contributed by atoms with Gasteiger partial charge in [0.05, 0.1) is 22.7 Å². The number of aromatic amines is 1. The van der Waals surface area contributed by atoms with E-state index in [2.05, 4.69) is 25.3 Å². The fraction of sp³-hybridized carbons (Fsp3) is 0.136. The van der Waals surface area contributed by atoms with E-state index in [1.54, 1.807) is 37.5 Å². The molecule has 162 valence electrons. The van der Waals surface area contributed by atoms with Gasteiger partial charge in [0.1, 0.15) is 17.9 Å². The molecule has 32 heavy (non-hydrogen) atoms. The largest absolute Gasteiger partial charge is 0.417 e. The van der Waals surface area contributed by atoms with Gasteiger partial charge >= 0.3 is 6.18 Å². The van der Waals surface area contributed by atoms with Gasteiger partial charge in [-0.1, -0.05) is 18.2 Å². The van der Waals surface area contributed by atoms with Gasteiger partial charge in [-0.2, -0.15) is 18.4 Å². The lowest BCUT2D eigenvalue weighted by atomic mass is 10.2. The number of fused-ring (bicyclic) bond motifs is 1. The Bertz CT molecular complexity index is 1260. The summed E-state index contributed by atoms with van der Waals surface area (Å²) < 4.78 is 38.0. The van der Waals surface area contributed by atoms with Crippen LogP contribution < -0.4 is 5.32 Å². The number of carbonyl (C=O) groups excluding carboxylic acids is 1. The zero-order valence-corrected chi connectivity index (χ0v) is 16.8. The molecule has 0 bridgehead atoms. The van der Waals surface area contributed by atoms with Gasteiger partial charge in [0.2, 0.25) is 0 Å². The Morgan fingerprint density at radius 2 is 1.97 bits per heavy atom. The molecule has 0 saturated heterocycles. The number of nitrogens with one attached hydrogen (secondary N) is 2. The lowest BCUT2D eigenvalue weighted by Gasteiger charge is -2.04. The number of nitrogens with zero attached hydrogens (tertiary/aromatic N) is 4. The first-order valence-electron chi connectivity index (χ1n) is 9.32. The van der Waals surface area contributed by atoms with E-state index in [1.165, 1.54) is 0 Å². The Morgan fingerprint density at radius 1 is 1.16 bits per heavy atom. The van der Waals surface area contributed by atoms with Gasteiger partial charge in [0.15, 0.2) is 5.65 Å². The van der Waals surface area contributed by atoms with Crippen LogP contribution in [0.25, 0.3) is 11.2 Å². The molecule has 0 fully saturated rings. The molecule has 0 atom stereocenters. The number of pyridine rings is 2. The monoisotopic (exact) mass is 438 g/mol. The van der Waals surface area contributed by atoms with E-state index in [1.807, 2.05) is 18.2 Å². The summed E-state index contributed by atoms with van der Waals surface area (Å²) in [6.45, 7) is 0. The van der Waals surface area contributed by atoms with Crippen molar-refractivity contribution in [1.82, 2.24) is 19.9 Å². The molecule has 0 spiro atoms. The topological polar surface area (TPSA) is 107 Å². The first-order chi connectivity index (χ1) is 15.3. The zero-order valence-electron chi connectivity index (χ0n) is 16.8. The molecule has 0 unspecified atom stereocenters. The summed E-state index contributed by atoms with van der Waals surface area (Å²) >= 11 is 0. The highest BCUT2D eigenvalue weighted by Gasteiger charge is 2.31. The number of nitriles is 1. The van der Waals surface area contributed by atoms with Crippen LogP contribution in [0.2, 0.25) is 0 Å². The molecule has 10 heteroatoms. The number of carbonyl (C=O) groups is 1. The maximum absolute atomic E-state index is 12.7. The van der Waals surface area contributed by atoms with Crippen LogP contribution in [0.15, 0.2) is 54.9 Å². The third-order valence-electron chi connectivity index (χ3n) is 4.32. The number of aromatic nitrogens is 4.